The second kappa shape index (κ2) is 11.8. The van der Waals surface area contributed by atoms with E-state index in [2.05, 4.69) is 32.2 Å². The molecule has 1 unspecified atom stereocenters. The van der Waals surface area contributed by atoms with Gasteiger partial charge in [0.25, 0.3) is 5.91 Å². The van der Waals surface area contributed by atoms with Crippen molar-refractivity contribution in [2.45, 2.75) is 37.8 Å². The van der Waals surface area contributed by atoms with Gasteiger partial charge in [-0.3, -0.25) is 20.1 Å². The van der Waals surface area contributed by atoms with E-state index < -0.39 is 0 Å². The van der Waals surface area contributed by atoms with Crippen LogP contribution in [0.5, 0.6) is 0 Å². The lowest BCUT2D eigenvalue weighted by Crippen LogP contribution is -2.56. The molecule has 8 heteroatoms. The summed E-state index contributed by atoms with van der Waals surface area (Å²) in [5.74, 6) is 0.207. The predicted molar refractivity (Wildman–Crippen MR) is 158 cm³/mol. The Hall–Kier alpha value is -3.75. The standard InChI is InChI=1S/C32H38N6O2/c33-28-13-10-24(32(39)36-31(23-5-1-2-6-23)29-7-3-4-14-35-29)19-27(28)30(34)22-8-11-25(12-9-22)37-15-17-38(18-16-37)26-20-40-21-26/h3-4,7-14,19,23,26,31,34H,1-2,5-6,15-18,20-21,33H2,(H,36,39). The fourth-order valence-corrected chi connectivity index (χ4v) is 6.20. The van der Waals surface area contributed by atoms with E-state index in [1.54, 1.807) is 24.4 Å². The highest BCUT2D eigenvalue weighted by Crippen LogP contribution is 2.35. The molecule has 0 bridgehead atoms. The maximum Gasteiger partial charge on any atom is 0.251 e. The smallest absolute Gasteiger partial charge is 0.251 e. The molecule has 1 atom stereocenters. The Morgan fingerprint density at radius 3 is 2.35 bits per heavy atom. The lowest BCUT2D eigenvalue weighted by molar-refractivity contribution is -0.0660. The fraction of sp³-hybridized carbons (Fsp3) is 0.406. The van der Waals surface area contributed by atoms with E-state index in [1.165, 1.54) is 12.8 Å². The zero-order valence-corrected chi connectivity index (χ0v) is 22.9. The van der Waals surface area contributed by atoms with Crippen LogP contribution in [-0.4, -0.2) is 66.9 Å². The Morgan fingerprint density at radius 2 is 1.70 bits per heavy atom. The summed E-state index contributed by atoms with van der Waals surface area (Å²) >= 11 is 0. The summed E-state index contributed by atoms with van der Waals surface area (Å²) in [6.45, 7) is 5.76. The molecule has 2 saturated heterocycles. The summed E-state index contributed by atoms with van der Waals surface area (Å²) in [4.78, 5) is 22.9. The Morgan fingerprint density at radius 1 is 0.975 bits per heavy atom. The van der Waals surface area contributed by atoms with Crippen molar-refractivity contribution in [3.05, 3.63) is 89.2 Å². The van der Waals surface area contributed by atoms with E-state index in [4.69, 9.17) is 15.9 Å². The molecule has 0 radical (unpaired) electrons. The topological polar surface area (TPSA) is 108 Å². The highest BCUT2D eigenvalue weighted by atomic mass is 16.5. The average Bonchev–Trinajstić information content (AvgIpc) is 3.51. The Bertz CT molecular complexity index is 1330. The molecule has 1 saturated carbocycles. The Labute approximate surface area is 236 Å². The SMILES string of the molecule is N=C(c1ccc(N2CCN(C3COC3)CC2)cc1)c1cc(C(=O)NC(c2ccccn2)C2CCCC2)ccc1N. The molecule has 2 aliphatic heterocycles. The number of carbonyl (C=O) groups excluding carboxylic acids is 1. The minimum atomic E-state index is -0.167. The number of nitrogens with one attached hydrogen (secondary N) is 2. The molecule has 4 N–H and O–H groups in total. The van der Waals surface area contributed by atoms with Crippen molar-refractivity contribution in [2.24, 2.45) is 5.92 Å². The predicted octanol–water partition coefficient (Wildman–Crippen LogP) is 4.26. The van der Waals surface area contributed by atoms with Crippen LogP contribution in [-0.2, 0) is 4.74 Å². The number of rotatable bonds is 8. The van der Waals surface area contributed by atoms with Crippen molar-refractivity contribution in [3.8, 4) is 0 Å². The molecular formula is C32H38N6O2. The van der Waals surface area contributed by atoms with Crippen LogP contribution in [0.1, 0.15) is 58.9 Å². The molecule has 1 aromatic heterocycles. The zero-order valence-electron chi connectivity index (χ0n) is 22.9. The number of hydrogen-bond donors (Lipinski definition) is 3. The van der Waals surface area contributed by atoms with E-state index in [1.807, 2.05) is 30.3 Å². The number of anilines is 2. The van der Waals surface area contributed by atoms with Crippen molar-refractivity contribution >= 4 is 23.0 Å². The van der Waals surface area contributed by atoms with E-state index in [9.17, 15) is 4.79 Å². The van der Waals surface area contributed by atoms with Gasteiger partial charge in [-0.15, -0.1) is 0 Å². The molecule has 208 valence electrons. The number of amides is 1. The van der Waals surface area contributed by atoms with Gasteiger partial charge in [0.05, 0.1) is 36.7 Å². The largest absolute Gasteiger partial charge is 0.398 e. The Kier molecular flexibility index (Phi) is 7.80. The third-order valence-corrected chi connectivity index (χ3v) is 8.72. The second-order valence-corrected chi connectivity index (χ2v) is 11.2. The molecule has 1 amide bonds. The van der Waals surface area contributed by atoms with E-state index in [-0.39, 0.29) is 11.9 Å². The summed E-state index contributed by atoms with van der Waals surface area (Å²) in [7, 11) is 0. The van der Waals surface area contributed by atoms with Gasteiger partial charge in [-0.25, -0.2) is 0 Å². The summed E-state index contributed by atoms with van der Waals surface area (Å²) in [6.07, 6.45) is 6.30. The monoisotopic (exact) mass is 538 g/mol. The van der Waals surface area contributed by atoms with Crippen molar-refractivity contribution in [3.63, 3.8) is 0 Å². The number of ether oxygens (including phenoxy) is 1. The highest BCUT2D eigenvalue weighted by Gasteiger charge is 2.30. The first-order chi connectivity index (χ1) is 19.6. The highest BCUT2D eigenvalue weighted by molar-refractivity contribution is 6.15. The molecule has 40 heavy (non-hydrogen) atoms. The first-order valence-electron chi connectivity index (χ1n) is 14.4. The van der Waals surface area contributed by atoms with Crippen molar-refractivity contribution in [1.82, 2.24) is 15.2 Å². The minimum Gasteiger partial charge on any atom is -0.398 e. The van der Waals surface area contributed by atoms with Crippen LogP contribution >= 0.6 is 0 Å². The lowest BCUT2D eigenvalue weighted by Gasteiger charge is -2.43. The minimum absolute atomic E-state index is 0.131. The molecule has 3 aromatic rings. The van der Waals surface area contributed by atoms with Crippen LogP contribution in [0, 0.1) is 11.3 Å². The van der Waals surface area contributed by atoms with Gasteiger partial charge in [-0.05, 0) is 61.2 Å². The molecule has 3 aliphatic rings. The fourth-order valence-electron chi connectivity index (χ4n) is 6.20. The third kappa shape index (κ3) is 5.60. The van der Waals surface area contributed by atoms with Crippen LogP contribution in [0.2, 0.25) is 0 Å². The number of piperazine rings is 1. The van der Waals surface area contributed by atoms with Crippen LogP contribution in [0.3, 0.4) is 0 Å². The normalized spacial score (nSPS) is 19.2. The number of nitrogens with zero attached hydrogens (tertiary/aromatic N) is 3. The van der Waals surface area contributed by atoms with Crippen LogP contribution in [0.4, 0.5) is 11.4 Å². The number of nitrogen functional groups attached to an aromatic ring is 1. The molecule has 8 nitrogen and oxygen atoms in total. The van der Waals surface area contributed by atoms with Gasteiger partial charge in [-0.2, -0.15) is 0 Å². The summed E-state index contributed by atoms with van der Waals surface area (Å²) in [5, 5.41) is 12.2. The van der Waals surface area contributed by atoms with Gasteiger partial charge in [0.15, 0.2) is 0 Å². The lowest BCUT2D eigenvalue weighted by atomic mass is 9.94. The molecular weight excluding hydrogens is 500 g/mol. The van der Waals surface area contributed by atoms with Crippen molar-refractivity contribution < 1.29 is 9.53 Å². The molecule has 3 heterocycles. The molecule has 1 aliphatic carbocycles. The number of carbonyl (C=O) groups is 1. The molecule has 6 rings (SSSR count). The number of hydrogen-bond acceptors (Lipinski definition) is 7. The number of nitrogens with two attached hydrogens (primary N) is 1. The van der Waals surface area contributed by atoms with Crippen LogP contribution in [0.15, 0.2) is 66.9 Å². The first kappa shape index (κ1) is 26.5. The van der Waals surface area contributed by atoms with Crippen molar-refractivity contribution in [1.29, 1.82) is 5.41 Å². The second-order valence-electron chi connectivity index (χ2n) is 11.2. The van der Waals surface area contributed by atoms with E-state index in [0.717, 1.165) is 69.2 Å². The summed E-state index contributed by atoms with van der Waals surface area (Å²) in [5.41, 5.74) is 11.0. The zero-order chi connectivity index (χ0) is 27.5. The van der Waals surface area contributed by atoms with Gasteiger partial charge >= 0.3 is 0 Å². The summed E-state index contributed by atoms with van der Waals surface area (Å²) < 4.78 is 5.35. The van der Waals surface area contributed by atoms with Gasteiger partial charge < -0.3 is 20.7 Å². The van der Waals surface area contributed by atoms with Gasteiger partial charge in [0.2, 0.25) is 0 Å². The average molecular weight is 539 g/mol. The molecule has 3 fully saturated rings. The van der Waals surface area contributed by atoms with Crippen LogP contribution in [0.25, 0.3) is 0 Å². The number of aromatic nitrogens is 1. The number of benzene rings is 2. The van der Waals surface area contributed by atoms with Gasteiger partial charge in [0.1, 0.15) is 0 Å². The third-order valence-electron chi connectivity index (χ3n) is 8.72. The van der Waals surface area contributed by atoms with E-state index >= 15 is 0 Å². The quantitative estimate of drug-likeness (QED) is 0.292. The maximum absolute atomic E-state index is 13.4. The summed E-state index contributed by atoms with van der Waals surface area (Å²) in [6, 6.07) is 19.6. The maximum atomic E-state index is 13.4. The van der Waals surface area contributed by atoms with Gasteiger partial charge in [-0.1, -0.05) is 31.0 Å². The van der Waals surface area contributed by atoms with Crippen LogP contribution < -0.4 is 16.0 Å². The number of pyridine rings is 1. The molecule has 0 spiro atoms. The Balaban J connectivity index is 1.14. The molecule has 2 aromatic carbocycles. The van der Waals surface area contributed by atoms with E-state index in [0.29, 0.717) is 34.5 Å². The van der Waals surface area contributed by atoms with Crippen molar-refractivity contribution in [2.75, 3.05) is 50.0 Å². The van der Waals surface area contributed by atoms with Gasteiger partial charge in [0, 0.05) is 60.4 Å². The first-order valence-corrected chi connectivity index (χ1v) is 14.4.